The summed E-state index contributed by atoms with van der Waals surface area (Å²) in [6, 6.07) is 1.74. The molecular weight excluding hydrogens is 282 g/mol. The van der Waals surface area contributed by atoms with Crippen LogP contribution in [0.1, 0.15) is 63.0 Å². The fourth-order valence-corrected chi connectivity index (χ4v) is 4.21. The smallest absolute Gasteiger partial charge is 0.201 e. The first-order chi connectivity index (χ1) is 10.6. The van der Waals surface area contributed by atoms with Crippen LogP contribution in [-0.4, -0.2) is 6.10 Å². The average molecular weight is 308 g/mol. The van der Waals surface area contributed by atoms with Gasteiger partial charge in [-0.1, -0.05) is 32.6 Å². The minimum Gasteiger partial charge on any atom is -0.487 e. The van der Waals surface area contributed by atoms with E-state index in [0.717, 1.165) is 24.3 Å². The number of rotatable bonds is 3. The Morgan fingerprint density at radius 2 is 1.82 bits per heavy atom. The number of halogens is 2. The first kappa shape index (κ1) is 15.8. The predicted molar refractivity (Wildman–Crippen MR) is 84.2 cm³/mol. The number of hydrogen-bond acceptors (Lipinski definition) is 1. The molecule has 1 heterocycles. The van der Waals surface area contributed by atoms with Gasteiger partial charge < -0.3 is 4.74 Å². The first-order valence-corrected chi connectivity index (χ1v) is 8.74. The van der Waals surface area contributed by atoms with Gasteiger partial charge in [0.2, 0.25) is 5.82 Å². The Morgan fingerprint density at radius 1 is 1.09 bits per heavy atom. The number of ether oxygens (including phenoxy) is 1. The average Bonchev–Trinajstić information content (AvgIpc) is 2.54. The van der Waals surface area contributed by atoms with E-state index in [4.69, 9.17) is 4.74 Å². The third kappa shape index (κ3) is 3.00. The minimum absolute atomic E-state index is 0.0617. The zero-order valence-electron chi connectivity index (χ0n) is 13.6. The van der Waals surface area contributed by atoms with Gasteiger partial charge in [-0.15, -0.1) is 0 Å². The van der Waals surface area contributed by atoms with E-state index in [9.17, 15) is 8.78 Å². The molecule has 1 nitrogen and oxygen atoms in total. The molecule has 0 N–H and O–H groups in total. The molecule has 3 heteroatoms. The maximum atomic E-state index is 14.1. The molecule has 1 unspecified atom stereocenters. The van der Waals surface area contributed by atoms with Gasteiger partial charge in [-0.05, 0) is 61.6 Å². The lowest BCUT2D eigenvalue weighted by molar-refractivity contribution is 0.0710. The molecule has 2 aliphatic rings. The van der Waals surface area contributed by atoms with Crippen molar-refractivity contribution in [2.45, 2.75) is 71.3 Å². The monoisotopic (exact) mass is 308 g/mol. The molecule has 1 aliphatic carbocycles. The van der Waals surface area contributed by atoms with Crippen molar-refractivity contribution in [2.75, 3.05) is 0 Å². The normalized spacial score (nSPS) is 28.1. The highest BCUT2D eigenvalue weighted by Gasteiger charge is 2.33. The second-order valence-electron chi connectivity index (χ2n) is 7.07. The van der Waals surface area contributed by atoms with Gasteiger partial charge in [0.25, 0.3) is 0 Å². The first-order valence-electron chi connectivity index (χ1n) is 8.74. The molecule has 0 spiro atoms. The van der Waals surface area contributed by atoms with Crippen molar-refractivity contribution in [2.24, 2.45) is 11.8 Å². The van der Waals surface area contributed by atoms with Crippen LogP contribution in [0.15, 0.2) is 6.07 Å². The van der Waals surface area contributed by atoms with E-state index in [2.05, 4.69) is 6.92 Å². The van der Waals surface area contributed by atoms with Crippen LogP contribution in [0.25, 0.3) is 0 Å². The zero-order chi connectivity index (χ0) is 15.7. The summed E-state index contributed by atoms with van der Waals surface area (Å²) in [5.74, 6) is -0.0144. The molecule has 1 saturated carbocycles. The summed E-state index contributed by atoms with van der Waals surface area (Å²) >= 11 is 0. The molecule has 1 aromatic carbocycles. The predicted octanol–water partition coefficient (Wildman–Crippen LogP) is 5.57. The van der Waals surface area contributed by atoms with E-state index in [0.29, 0.717) is 11.5 Å². The van der Waals surface area contributed by atoms with Crippen LogP contribution >= 0.6 is 0 Å². The number of fused-ring (bicyclic) bond motifs is 1. The molecule has 3 rings (SSSR count). The SMILES string of the molecule is CCCC1CCC(C2CCc3cc(C)c(F)c(F)c3O2)CC1. The van der Waals surface area contributed by atoms with Gasteiger partial charge in [0.1, 0.15) is 6.10 Å². The van der Waals surface area contributed by atoms with Crippen LogP contribution < -0.4 is 4.74 Å². The Hall–Kier alpha value is -1.12. The van der Waals surface area contributed by atoms with Crippen LogP contribution in [0, 0.1) is 30.4 Å². The van der Waals surface area contributed by atoms with Crippen molar-refractivity contribution in [1.82, 2.24) is 0 Å². The summed E-state index contributed by atoms with van der Waals surface area (Å²) in [7, 11) is 0. The lowest BCUT2D eigenvalue weighted by Gasteiger charge is -2.36. The van der Waals surface area contributed by atoms with Crippen LogP contribution in [0.4, 0.5) is 8.78 Å². The number of hydrogen-bond donors (Lipinski definition) is 0. The highest BCUT2D eigenvalue weighted by atomic mass is 19.2. The fourth-order valence-electron chi connectivity index (χ4n) is 4.21. The van der Waals surface area contributed by atoms with Gasteiger partial charge >= 0.3 is 0 Å². The number of aryl methyl sites for hydroxylation is 2. The van der Waals surface area contributed by atoms with Crippen molar-refractivity contribution in [3.05, 3.63) is 28.8 Å². The van der Waals surface area contributed by atoms with Crippen molar-refractivity contribution in [1.29, 1.82) is 0 Å². The lowest BCUT2D eigenvalue weighted by atomic mass is 9.76. The Bertz CT molecular complexity index is 533. The third-order valence-corrected chi connectivity index (χ3v) is 5.50. The van der Waals surface area contributed by atoms with Gasteiger partial charge in [0.15, 0.2) is 11.6 Å². The minimum atomic E-state index is -0.792. The number of benzene rings is 1. The summed E-state index contributed by atoms with van der Waals surface area (Å²) in [5.41, 5.74) is 1.20. The second-order valence-corrected chi connectivity index (χ2v) is 7.07. The summed E-state index contributed by atoms with van der Waals surface area (Å²) < 4.78 is 33.8. The maximum absolute atomic E-state index is 14.1. The highest BCUT2D eigenvalue weighted by Crippen LogP contribution is 2.40. The van der Waals surface area contributed by atoms with Gasteiger partial charge in [-0.2, -0.15) is 4.39 Å². The molecule has 1 fully saturated rings. The molecular formula is C19H26F2O. The van der Waals surface area contributed by atoms with Gasteiger partial charge in [-0.3, -0.25) is 0 Å². The summed E-state index contributed by atoms with van der Waals surface area (Å²) in [6.07, 6.45) is 9.22. The Morgan fingerprint density at radius 3 is 2.50 bits per heavy atom. The standard InChI is InChI=1S/C19H26F2O/c1-3-4-13-5-7-14(8-6-13)16-10-9-15-11-12(2)17(20)18(21)19(15)22-16/h11,13-14,16H,3-10H2,1-2H3. The van der Waals surface area contributed by atoms with Gasteiger partial charge in [-0.25, -0.2) is 4.39 Å². The summed E-state index contributed by atoms with van der Waals surface area (Å²) in [5, 5.41) is 0. The molecule has 0 radical (unpaired) electrons. The van der Waals surface area contributed by atoms with Gasteiger partial charge in [0.05, 0.1) is 0 Å². The van der Waals surface area contributed by atoms with Crippen molar-refractivity contribution < 1.29 is 13.5 Å². The second kappa shape index (κ2) is 6.55. The molecule has 0 saturated heterocycles. The van der Waals surface area contributed by atoms with E-state index in [-0.39, 0.29) is 11.9 Å². The molecule has 1 aromatic rings. The highest BCUT2D eigenvalue weighted by molar-refractivity contribution is 5.41. The molecule has 0 amide bonds. The van der Waals surface area contributed by atoms with Crippen LogP contribution in [0.2, 0.25) is 0 Å². The van der Waals surface area contributed by atoms with E-state index in [1.54, 1.807) is 13.0 Å². The van der Waals surface area contributed by atoms with E-state index < -0.39 is 11.6 Å². The maximum Gasteiger partial charge on any atom is 0.201 e. The van der Waals surface area contributed by atoms with Crippen LogP contribution in [0.3, 0.4) is 0 Å². The molecule has 1 atom stereocenters. The van der Waals surface area contributed by atoms with E-state index in [1.807, 2.05) is 0 Å². The van der Waals surface area contributed by atoms with Crippen molar-refractivity contribution >= 4 is 0 Å². The van der Waals surface area contributed by atoms with E-state index >= 15 is 0 Å². The zero-order valence-corrected chi connectivity index (χ0v) is 13.6. The Balaban J connectivity index is 1.69. The lowest BCUT2D eigenvalue weighted by Crippen LogP contribution is -2.34. The Kier molecular flexibility index (Phi) is 4.70. The summed E-state index contributed by atoms with van der Waals surface area (Å²) in [4.78, 5) is 0. The Labute approximate surface area is 132 Å². The molecule has 122 valence electrons. The summed E-state index contributed by atoms with van der Waals surface area (Å²) in [6.45, 7) is 3.85. The molecule has 0 bridgehead atoms. The van der Waals surface area contributed by atoms with Gasteiger partial charge in [0, 0.05) is 0 Å². The largest absolute Gasteiger partial charge is 0.487 e. The third-order valence-electron chi connectivity index (χ3n) is 5.50. The van der Waals surface area contributed by atoms with Crippen LogP contribution in [0.5, 0.6) is 5.75 Å². The van der Waals surface area contributed by atoms with Crippen LogP contribution in [-0.2, 0) is 6.42 Å². The molecule has 0 aromatic heterocycles. The molecule has 22 heavy (non-hydrogen) atoms. The fraction of sp³-hybridized carbons (Fsp3) is 0.684. The molecule has 1 aliphatic heterocycles. The quantitative estimate of drug-likeness (QED) is 0.709. The van der Waals surface area contributed by atoms with Crippen molar-refractivity contribution in [3.63, 3.8) is 0 Å². The topological polar surface area (TPSA) is 9.23 Å². The van der Waals surface area contributed by atoms with E-state index in [1.165, 1.54) is 38.5 Å². The van der Waals surface area contributed by atoms with Crippen molar-refractivity contribution in [3.8, 4) is 5.75 Å².